The number of amides is 1. The lowest BCUT2D eigenvalue weighted by atomic mass is 10.1. The van der Waals surface area contributed by atoms with Crippen molar-refractivity contribution in [3.8, 4) is 0 Å². The zero-order valence-corrected chi connectivity index (χ0v) is 12.7. The van der Waals surface area contributed by atoms with Gasteiger partial charge in [0.25, 0.3) is 0 Å². The second-order valence-corrected chi connectivity index (χ2v) is 5.13. The molecule has 1 unspecified atom stereocenters. The number of hydrogen-bond acceptors (Lipinski definition) is 4. The zero-order valence-electron chi connectivity index (χ0n) is 12.7. The first-order chi connectivity index (χ1) is 10.5. The number of ether oxygens (including phenoxy) is 1. The first-order valence-electron chi connectivity index (χ1n) is 7.33. The lowest BCUT2D eigenvalue weighted by Crippen LogP contribution is -2.28. The van der Waals surface area contributed by atoms with Crippen LogP contribution < -0.4 is 0 Å². The van der Waals surface area contributed by atoms with E-state index in [0.717, 1.165) is 0 Å². The summed E-state index contributed by atoms with van der Waals surface area (Å²) in [5.41, 5.74) is 0.418. The van der Waals surface area contributed by atoms with Gasteiger partial charge >= 0.3 is 5.97 Å². The molecule has 1 fully saturated rings. The summed E-state index contributed by atoms with van der Waals surface area (Å²) in [6, 6.07) is 6.00. The van der Waals surface area contributed by atoms with Crippen LogP contribution in [0.2, 0.25) is 0 Å². The van der Waals surface area contributed by atoms with E-state index < -0.39 is 11.8 Å². The van der Waals surface area contributed by atoms with E-state index in [1.165, 1.54) is 11.1 Å². The van der Waals surface area contributed by atoms with Gasteiger partial charge in [-0.3, -0.25) is 9.59 Å². The molecule has 0 spiro atoms. The minimum absolute atomic E-state index is 0.0588. The van der Waals surface area contributed by atoms with Crippen LogP contribution in [-0.4, -0.2) is 35.2 Å². The minimum Gasteiger partial charge on any atom is -0.466 e. The highest BCUT2D eigenvalue weighted by Crippen LogP contribution is 2.20. The van der Waals surface area contributed by atoms with E-state index in [1.54, 1.807) is 25.1 Å². The van der Waals surface area contributed by atoms with Crippen LogP contribution in [0.25, 0.3) is 0 Å². The highest BCUT2D eigenvalue weighted by molar-refractivity contribution is 6.09. The highest BCUT2D eigenvalue weighted by atomic mass is 19.1. The van der Waals surface area contributed by atoms with Crippen LogP contribution in [0, 0.1) is 5.82 Å². The molecule has 1 aliphatic rings. The van der Waals surface area contributed by atoms with E-state index in [9.17, 15) is 14.0 Å². The molecule has 1 aliphatic heterocycles. The molecule has 0 saturated carbocycles. The van der Waals surface area contributed by atoms with Crippen LogP contribution >= 0.6 is 0 Å². The Balaban J connectivity index is 2.35. The second kappa shape index (κ2) is 7.15. The molecule has 0 aliphatic carbocycles. The molecule has 1 amide bonds. The fourth-order valence-electron chi connectivity index (χ4n) is 2.33. The number of nitrogens with zero attached hydrogens (tertiary/aromatic N) is 2. The van der Waals surface area contributed by atoms with Gasteiger partial charge in [-0.05, 0) is 26.3 Å². The Bertz CT molecular complexity index is 601. The summed E-state index contributed by atoms with van der Waals surface area (Å²) in [5.74, 6) is -1.10. The number of benzene rings is 1. The molecule has 1 saturated heterocycles. The maximum absolute atomic E-state index is 14.0. The highest BCUT2D eigenvalue weighted by Gasteiger charge is 2.28. The minimum atomic E-state index is -0.496. The van der Waals surface area contributed by atoms with E-state index in [0.29, 0.717) is 12.8 Å². The molecule has 22 heavy (non-hydrogen) atoms. The van der Waals surface area contributed by atoms with E-state index in [-0.39, 0.29) is 36.3 Å². The van der Waals surface area contributed by atoms with Crippen molar-refractivity contribution in [3.63, 3.8) is 0 Å². The summed E-state index contributed by atoms with van der Waals surface area (Å²) < 4.78 is 18.9. The number of hydrogen-bond donors (Lipinski definition) is 0. The number of carbonyl (C=O) groups is 2. The Morgan fingerprint density at radius 3 is 2.77 bits per heavy atom. The third-order valence-corrected chi connectivity index (χ3v) is 3.48. The fourth-order valence-corrected chi connectivity index (χ4v) is 2.33. The average Bonchev–Trinajstić information content (AvgIpc) is 2.79. The molecule has 1 aromatic carbocycles. The number of hydrazone groups is 1. The standard InChI is InChI=1S/C16H19FN2O3/c1-3-22-16(21)10-14(12-6-4-5-7-13(12)17)18-19-11(2)8-9-15(19)20/h4-7,11H,3,8-10H2,1-2H3/b18-14-. The Morgan fingerprint density at radius 1 is 1.45 bits per heavy atom. The lowest BCUT2D eigenvalue weighted by Gasteiger charge is -2.18. The van der Waals surface area contributed by atoms with Gasteiger partial charge in [-0.1, -0.05) is 18.2 Å². The van der Waals surface area contributed by atoms with Gasteiger partial charge in [-0.2, -0.15) is 5.10 Å². The summed E-state index contributed by atoms with van der Waals surface area (Å²) in [4.78, 5) is 23.6. The van der Waals surface area contributed by atoms with Crippen LogP contribution in [0.1, 0.15) is 38.7 Å². The molecule has 1 aromatic rings. The molecule has 1 atom stereocenters. The fraction of sp³-hybridized carbons (Fsp3) is 0.438. The second-order valence-electron chi connectivity index (χ2n) is 5.13. The number of carbonyl (C=O) groups excluding carboxylic acids is 2. The predicted octanol–water partition coefficient (Wildman–Crippen LogP) is 2.49. The van der Waals surface area contributed by atoms with Crippen molar-refractivity contribution >= 4 is 17.6 Å². The van der Waals surface area contributed by atoms with Crippen LogP contribution in [0.15, 0.2) is 29.4 Å². The monoisotopic (exact) mass is 306 g/mol. The van der Waals surface area contributed by atoms with Crippen molar-refractivity contribution < 1.29 is 18.7 Å². The summed E-state index contributed by atoms with van der Waals surface area (Å²) in [6.07, 6.45) is 0.937. The third-order valence-electron chi connectivity index (χ3n) is 3.48. The number of rotatable bonds is 5. The summed E-state index contributed by atoms with van der Waals surface area (Å²) >= 11 is 0. The quantitative estimate of drug-likeness (QED) is 0.620. The van der Waals surface area contributed by atoms with Crippen LogP contribution in [0.4, 0.5) is 4.39 Å². The van der Waals surface area contributed by atoms with E-state index in [1.807, 2.05) is 6.92 Å². The van der Waals surface area contributed by atoms with Crippen molar-refractivity contribution in [1.82, 2.24) is 5.01 Å². The molecule has 0 aromatic heterocycles. The molecule has 118 valence electrons. The van der Waals surface area contributed by atoms with Crippen molar-refractivity contribution in [2.45, 2.75) is 39.2 Å². The predicted molar refractivity (Wildman–Crippen MR) is 79.7 cm³/mol. The zero-order chi connectivity index (χ0) is 16.1. The van der Waals surface area contributed by atoms with Crippen LogP contribution in [0.5, 0.6) is 0 Å². The molecule has 6 heteroatoms. The largest absolute Gasteiger partial charge is 0.466 e. The summed E-state index contributed by atoms with van der Waals surface area (Å²) in [7, 11) is 0. The van der Waals surface area contributed by atoms with Gasteiger partial charge in [-0.15, -0.1) is 0 Å². The van der Waals surface area contributed by atoms with Gasteiger partial charge in [0.2, 0.25) is 5.91 Å². The van der Waals surface area contributed by atoms with Crippen molar-refractivity contribution in [2.24, 2.45) is 5.10 Å². The topological polar surface area (TPSA) is 59.0 Å². The SMILES string of the molecule is CCOC(=O)C/C(=N/N1C(=O)CCC1C)c1ccccc1F. The van der Waals surface area contributed by atoms with Gasteiger partial charge in [0.15, 0.2) is 0 Å². The van der Waals surface area contributed by atoms with Gasteiger partial charge in [0.1, 0.15) is 5.82 Å². The molecule has 0 N–H and O–H groups in total. The normalized spacial score (nSPS) is 18.7. The molecule has 1 heterocycles. The number of halogens is 1. The van der Waals surface area contributed by atoms with Crippen LogP contribution in [-0.2, 0) is 14.3 Å². The molecule has 0 radical (unpaired) electrons. The maximum atomic E-state index is 14.0. The summed E-state index contributed by atoms with van der Waals surface area (Å²) in [5, 5.41) is 5.58. The first kappa shape index (κ1) is 16.1. The summed E-state index contributed by atoms with van der Waals surface area (Å²) in [6.45, 7) is 3.81. The first-order valence-corrected chi connectivity index (χ1v) is 7.33. The lowest BCUT2D eigenvalue weighted by molar-refractivity contribution is -0.141. The maximum Gasteiger partial charge on any atom is 0.311 e. The van der Waals surface area contributed by atoms with Gasteiger partial charge in [-0.25, -0.2) is 9.40 Å². The molecule has 5 nitrogen and oxygen atoms in total. The Morgan fingerprint density at radius 2 is 2.18 bits per heavy atom. The van der Waals surface area contributed by atoms with Gasteiger partial charge < -0.3 is 4.74 Å². The Labute approximate surface area is 128 Å². The van der Waals surface area contributed by atoms with Crippen molar-refractivity contribution in [3.05, 3.63) is 35.6 Å². The number of esters is 1. The molecule has 0 bridgehead atoms. The molecular weight excluding hydrogens is 287 g/mol. The van der Waals surface area contributed by atoms with Crippen LogP contribution in [0.3, 0.4) is 0 Å². The Hall–Kier alpha value is -2.24. The average molecular weight is 306 g/mol. The van der Waals surface area contributed by atoms with Crippen molar-refractivity contribution in [1.29, 1.82) is 0 Å². The third kappa shape index (κ3) is 3.69. The van der Waals surface area contributed by atoms with Gasteiger partial charge in [0, 0.05) is 12.0 Å². The van der Waals surface area contributed by atoms with E-state index in [4.69, 9.17) is 4.74 Å². The van der Waals surface area contributed by atoms with E-state index in [2.05, 4.69) is 5.10 Å². The van der Waals surface area contributed by atoms with E-state index >= 15 is 0 Å². The Kier molecular flexibility index (Phi) is 5.25. The molecular formula is C16H19FN2O3. The molecule has 2 rings (SSSR count). The van der Waals surface area contributed by atoms with Crippen molar-refractivity contribution in [2.75, 3.05) is 6.61 Å². The smallest absolute Gasteiger partial charge is 0.311 e. The van der Waals surface area contributed by atoms with Gasteiger partial charge in [0.05, 0.1) is 24.8 Å².